The van der Waals surface area contributed by atoms with Crippen molar-refractivity contribution in [1.82, 2.24) is 20.0 Å². The van der Waals surface area contributed by atoms with Gasteiger partial charge in [-0.25, -0.2) is 4.68 Å². The molecule has 262 valence electrons. The van der Waals surface area contributed by atoms with E-state index in [0.29, 0.717) is 45.3 Å². The number of ether oxygens (including phenoxy) is 2. The van der Waals surface area contributed by atoms with Crippen molar-refractivity contribution in [2.45, 2.75) is 72.5 Å². The SMILES string of the molecule is CC(Cc1ccc(C(C)(C)C)cc1)CN1C[C@@H](C)O[C@@H](C)C1.CNC(=O)C(=N/OC)/C(C)=C/COc1ccn(-c2ccc(Cl)cc2Cl)n1. The number of hydrogen-bond acceptors (Lipinski definition) is 7. The third kappa shape index (κ3) is 12.3. The summed E-state index contributed by atoms with van der Waals surface area (Å²) in [4.78, 5) is 19.0. The van der Waals surface area contributed by atoms with E-state index in [1.165, 1.54) is 31.8 Å². The fraction of sp³-hybridized carbons (Fsp3) is 0.486. The molecule has 1 N–H and O–H groups in total. The Kier molecular flexibility index (Phi) is 15.0. The summed E-state index contributed by atoms with van der Waals surface area (Å²) in [6, 6.07) is 16.0. The lowest BCUT2D eigenvalue weighted by atomic mass is 9.86. The Balaban J connectivity index is 0.000000264. The molecule has 3 atom stereocenters. The van der Waals surface area contributed by atoms with Gasteiger partial charge in [-0.3, -0.25) is 9.69 Å². The summed E-state index contributed by atoms with van der Waals surface area (Å²) in [5.41, 5.74) is 4.59. The zero-order valence-electron chi connectivity index (χ0n) is 29.7. The summed E-state index contributed by atoms with van der Waals surface area (Å²) in [6.45, 7) is 18.8. The van der Waals surface area contributed by atoms with Gasteiger partial charge in [-0.2, -0.15) is 0 Å². The standard InChI is InChI=1S/C20H33NO.C17H18Cl2N4O3/c1-15(12-21-13-16(2)22-17(3)14-21)11-18-7-9-19(10-8-18)20(4,5)6;1-11(16(22-25-3)17(24)20-2)7-9-26-15-6-8-23(21-15)14-5-4-12(18)10-13(14)19/h7-10,15-17H,11-14H2,1-6H3;4-8,10H,9H2,1-3H3,(H,20,24)/b;11-7+,22-16+/t15?,16-,17+;. The van der Waals surface area contributed by atoms with Crippen LogP contribution in [0.5, 0.6) is 5.88 Å². The molecule has 0 radical (unpaired) electrons. The number of hydrogen-bond donors (Lipinski definition) is 1. The van der Waals surface area contributed by atoms with Gasteiger partial charge in [0.15, 0.2) is 5.71 Å². The highest BCUT2D eigenvalue weighted by Crippen LogP contribution is 2.25. The lowest BCUT2D eigenvalue weighted by Crippen LogP contribution is -2.47. The number of carbonyl (C=O) groups excluding carboxylic acids is 1. The van der Waals surface area contributed by atoms with Crippen molar-refractivity contribution in [3.63, 3.8) is 0 Å². The van der Waals surface area contributed by atoms with Gasteiger partial charge < -0.3 is 19.6 Å². The normalized spacial score (nSPS) is 18.1. The summed E-state index contributed by atoms with van der Waals surface area (Å²) in [7, 11) is 2.90. The van der Waals surface area contributed by atoms with Gasteiger partial charge in [0.05, 0.1) is 22.9 Å². The van der Waals surface area contributed by atoms with Crippen LogP contribution in [0.3, 0.4) is 0 Å². The molecule has 2 heterocycles. The van der Waals surface area contributed by atoms with E-state index in [2.05, 4.69) is 86.3 Å². The Hall–Kier alpha value is -3.37. The average molecular weight is 701 g/mol. The second kappa shape index (κ2) is 18.4. The van der Waals surface area contributed by atoms with Gasteiger partial charge in [-0.15, -0.1) is 5.10 Å². The first kappa shape index (κ1) is 39.1. The van der Waals surface area contributed by atoms with E-state index in [9.17, 15) is 4.79 Å². The van der Waals surface area contributed by atoms with Crippen LogP contribution < -0.4 is 10.1 Å². The highest BCUT2D eigenvalue weighted by atomic mass is 35.5. The van der Waals surface area contributed by atoms with Crippen molar-refractivity contribution in [1.29, 1.82) is 0 Å². The number of rotatable bonds is 11. The molecule has 11 heteroatoms. The van der Waals surface area contributed by atoms with E-state index in [1.54, 1.807) is 48.1 Å². The maximum atomic E-state index is 11.8. The first-order valence-electron chi connectivity index (χ1n) is 16.3. The Morgan fingerprint density at radius 3 is 2.38 bits per heavy atom. The monoisotopic (exact) mass is 699 g/mol. The molecule has 1 unspecified atom stereocenters. The van der Waals surface area contributed by atoms with Gasteiger partial charge in [0.25, 0.3) is 5.91 Å². The molecule has 1 saturated heterocycles. The van der Waals surface area contributed by atoms with E-state index in [0.717, 1.165) is 19.5 Å². The molecule has 1 amide bonds. The molecular weight excluding hydrogens is 649 g/mol. The number of benzene rings is 2. The van der Waals surface area contributed by atoms with E-state index in [1.807, 2.05) is 0 Å². The lowest BCUT2D eigenvalue weighted by molar-refractivity contribution is -0.114. The van der Waals surface area contributed by atoms with Gasteiger partial charge in [-0.1, -0.05) is 80.3 Å². The maximum Gasteiger partial charge on any atom is 0.273 e. The first-order valence-corrected chi connectivity index (χ1v) is 17.1. The predicted molar refractivity (Wildman–Crippen MR) is 196 cm³/mol. The maximum absolute atomic E-state index is 11.8. The molecule has 1 aliphatic rings. The van der Waals surface area contributed by atoms with Crippen LogP contribution in [0.15, 0.2) is 71.5 Å². The number of aromatic nitrogens is 2. The second-order valence-corrected chi connectivity index (χ2v) is 14.2. The fourth-order valence-electron chi connectivity index (χ4n) is 5.52. The molecular formula is C37H51Cl2N5O4. The van der Waals surface area contributed by atoms with Gasteiger partial charge in [0.2, 0.25) is 5.88 Å². The van der Waals surface area contributed by atoms with Crippen LogP contribution in [0.1, 0.15) is 59.6 Å². The molecule has 0 aliphatic carbocycles. The van der Waals surface area contributed by atoms with Crippen LogP contribution >= 0.6 is 23.2 Å². The van der Waals surface area contributed by atoms with Gasteiger partial charge >= 0.3 is 0 Å². The van der Waals surface area contributed by atoms with Crippen molar-refractivity contribution < 1.29 is 19.1 Å². The van der Waals surface area contributed by atoms with E-state index in [-0.39, 0.29) is 23.6 Å². The highest BCUT2D eigenvalue weighted by Gasteiger charge is 2.23. The smallest absolute Gasteiger partial charge is 0.273 e. The Labute approximate surface area is 296 Å². The minimum atomic E-state index is -0.345. The Bertz CT molecular complexity index is 1520. The first-order chi connectivity index (χ1) is 22.7. The van der Waals surface area contributed by atoms with E-state index in [4.69, 9.17) is 37.5 Å². The zero-order chi connectivity index (χ0) is 35.4. The molecule has 4 rings (SSSR count). The molecule has 0 bridgehead atoms. The third-order valence-corrected chi connectivity index (χ3v) is 8.35. The summed E-state index contributed by atoms with van der Waals surface area (Å²) >= 11 is 12.1. The van der Waals surface area contributed by atoms with Crippen LogP contribution in [0.2, 0.25) is 10.0 Å². The van der Waals surface area contributed by atoms with Crippen LogP contribution in [0.25, 0.3) is 5.69 Å². The summed E-state index contributed by atoms with van der Waals surface area (Å²) < 4.78 is 13.0. The Morgan fingerprint density at radius 1 is 1.12 bits per heavy atom. The minimum absolute atomic E-state index is 0.178. The lowest BCUT2D eigenvalue weighted by Gasteiger charge is -2.36. The molecule has 1 fully saturated rings. The van der Waals surface area contributed by atoms with Crippen molar-refractivity contribution in [3.8, 4) is 11.6 Å². The number of oxime groups is 1. The largest absolute Gasteiger partial charge is 0.472 e. The number of carbonyl (C=O) groups is 1. The third-order valence-electron chi connectivity index (χ3n) is 7.81. The van der Waals surface area contributed by atoms with Gasteiger partial charge in [-0.05, 0) is 79.5 Å². The molecule has 0 spiro atoms. The van der Waals surface area contributed by atoms with Gasteiger partial charge in [0, 0.05) is 44.0 Å². The van der Waals surface area contributed by atoms with Crippen molar-refractivity contribution in [3.05, 3.63) is 87.5 Å². The van der Waals surface area contributed by atoms with E-state index < -0.39 is 0 Å². The average Bonchev–Trinajstić information content (AvgIpc) is 3.47. The van der Waals surface area contributed by atoms with Gasteiger partial charge in [0.1, 0.15) is 13.7 Å². The topological polar surface area (TPSA) is 90.2 Å². The number of nitrogens with one attached hydrogen (secondary N) is 1. The number of morpholine rings is 1. The quantitative estimate of drug-likeness (QED) is 0.164. The van der Waals surface area contributed by atoms with Crippen molar-refractivity contribution in [2.75, 3.05) is 40.4 Å². The predicted octanol–water partition coefficient (Wildman–Crippen LogP) is 7.52. The molecule has 2 aromatic carbocycles. The van der Waals surface area contributed by atoms with E-state index >= 15 is 0 Å². The van der Waals surface area contributed by atoms with Crippen LogP contribution in [0.4, 0.5) is 0 Å². The highest BCUT2D eigenvalue weighted by molar-refractivity contribution is 6.45. The van der Waals surface area contributed by atoms with Crippen LogP contribution in [-0.4, -0.2) is 78.9 Å². The Morgan fingerprint density at radius 2 is 1.79 bits per heavy atom. The molecule has 48 heavy (non-hydrogen) atoms. The molecule has 1 aliphatic heterocycles. The zero-order valence-corrected chi connectivity index (χ0v) is 31.2. The molecule has 3 aromatic rings. The number of amides is 1. The van der Waals surface area contributed by atoms with Crippen molar-refractivity contribution in [2.24, 2.45) is 11.1 Å². The van der Waals surface area contributed by atoms with Crippen LogP contribution in [0, 0.1) is 5.92 Å². The molecule has 0 saturated carbocycles. The number of halogens is 2. The minimum Gasteiger partial charge on any atom is -0.472 e. The summed E-state index contributed by atoms with van der Waals surface area (Å²) in [5, 5.41) is 11.6. The molecule has 1 aromatic heterocycles. The van der Waals surface area contributed by atoms with Crippen LogP contribution in [-0.2, 0) is 26.2 Å². The number of nitrogens with zero attached hydrogens (tertiary/aromatic N) is 4. The summed E-state index contributed by atoms with van der Waals surface area (Å²) in [6.07, 6.45) is 5.32. The second-order valence-electron chi connectivity index (χ2n) is 13.3. The van der Waals surface area contributed by atoms with Crippen molar-refractivity contribution >= 4 is 34.8 Å². The fourth-order valence-corrected chi connectivity index (χ4v) is 6.01. The molecule has 9 nitrogen and oxygen atoms in total. The summed E-state index contributed by atoms with van der Waals surface area (Å²) in [5.74, 6) is 0.741.